The molecular weight excluding hydrogens is 458 g/mol. The first-order valence-electron chi connectivity index (χ1n) is 9.35. The van der Waals surface area contributed by atoms with Crippen LogP contribution in [0.3, 0.4) is 0 Å². The fourth-order valence-electron chi connectivity index (χ4n) is 3.24. The number of anilines is 1. The van der Waals surface area contributed by atoms with Crippen LogP contribution in [-0.2, 0) is 15.7 Å². The van der Waals surface area contributed by atoms with Gasteiger partial charge in [0, 0.05) is 5.69 Å². The largest absolute Gasteiger partial charge is 0.491 e. The number of benzene rings is 2. The Morgan fingerprint density at radius 2 is 1.82 bits per heavy atom. The molecule has 1 heterocycles. The van der Waals surface area contributed by atoms with Crippen molar-refractivity contribution in [2.75, 3.05) is 25.2 Å². The number of esters is 1. The molecule has 0 saturated carbocycles. The highest BCUT2D eigenvalue weighted by Gasteiger charge is 2.51. The minimum Gasteiger partial charge on any atom is -0.491 e. The van der Waals surface area contributed by atoms with Gasteiger partial charge in [0.15, 0.2) is 0 Å². The third kappa shape index (κ3) is 5.48. The number of nitriles is 1. The molecule has 0 N–H and O–H groups in total. The number of carbonyl (C=O) groups excluding carboxylic acids is 1. The van der Waals surface area contributed by atoms with Gasteiger partial charge in [0.2, 0.25) is 6.23 Å². The highest BCUT2D eigenvalue weighted by molar-refractivity contribution is 5.89. The first-order valence-corrected chi connectivity index (χ1v) is 9.35. The van der Waals surface area contributed by atoms with Gasteiger partial charge in [-0.05, 0) is 42.5 Å². The predicted molar refractivity (Wildman–Crippen MR) is 101 cm³/mol. The third-order valence-electron chi connectivity index (χ3n) is 4.76. The van der Waals surface area contributed by atoms with Crippen molar-refractivity contribution < 1.29 is 45.3 Å². The van der Waals surface area contributed by atoms with Gasteiger partial charge in [-0.1, -0.05) is 0 Å². The maximum atomic E-state index is 13.5. The summed E-state index contributed by atoms with van der Waals surface area (Å²) in [4.78, 5) is 12.1. The molecule has 0 spiro atoms. The minimum atomic E-state index is -4.92. The molecule has 3 rings (SSSR count). The summed E-state index contributed by atoms with van der Waals surface area (Å²) in [6, 6.07) is 9.33. The van der Waals surface area contributed by atoms with Gasteiger partial charge in [0.25, 0.3) is 0 Å². The molecule has 2 aromatic carbocycles. The van der Waals surface area contributed by atoms with Crippen LogP contribution in [0.25, 0.3) is 0 Å². The molecular formula is C21H16F6N2O4. The fraction of sp³-hybridized carbons (Fsp3) is 0.333. The van der Waals surface area contributed by atoms with E-state index in [1.165, 1.54) is 37.4 Å². The molecule has 0 bridgehead atoms. The van der Waals surface area contributed by atoms with Crippen LogP contribution in [0.15, 0.2) is 42.5 Å². The molecule has 1 saturated heterocycles. The van der Waals surface area contributed by atoms with Gasteiger partial charge in [-0.25, -0.2) is 4.79 Å². The Balaban J connectivity index is 1.78. The Kier molecular flexibility index (Phi) is 6.73. The summed E-state index contributed by atoms with van der Waals surface area (Å²) < 4.78 is 95.4. The predicted octanol–water partition coefficient (Wildman–Crippen LogP) is 4.54. The van der Waals surface area contributed by atoms with Gasteiger partial charge in [0.1, 0.15) is 18.5 Å². The molecule has 2 aromatic rings. The number of halogens is 6. The van der Waals surface area contributed by atoms with Crippen molar-refractivity contribution in [2.24, 2.45) is 0 Å². The smallest absolute Gasteiger partial charge is 0.433 e. The minimum absolute atomic E-state index is 0.242. The molecule has 1 fully saturated rings. The lowest BCUT2D eigenvalue weighted by Gasteiger charge is -2.27. The van der Waals surface area contributed by atoms with E-state index in [0.29, 0.717) is 11.0 Å². The Morgan fingerprint density at radius 3 is 2.36 bits per heavy atom. The van der Waals surface area contributed by atoms with Crippen LogP contribution < -0.4 is 9.64 Å². The first kappa shape index (κ1) is 24.2. The van der Waals surface area contributed by atoms with E-state index in [1.807, 2.05) is 0 Å². The Morgan fingerprint density at radius 1 is 1.15 bits per heavy atom. The van der Waals surface area contributed by atoms with Gasteiger partial charge in [-0.15, -0.1) is 0 Å². The van der Waals surface area contributed by atoms with Crippen LogP contribution in [0.5, 0.6) is 5.75 Å². The number of ether oxygens (including phenoxy) is 3. The van der Waals surface area contributed by atoms with Crippen molar-refractivity contribution in [1.29, 1.82) is 5.26 Å². The highest BCUT2D eigenvalue weighted by atomic mass is 19.4. The summed E-state index contributed by atoms with van der Waals surface area (Å²) in [6.07, 6.45) is -13.4. The Labute approximate surface area is 183 Å². The van der Waals surface area contributed by atoms with Crippen LogP contribution in [0, 0.1) is 11.3 Å². The average molecular weight is 474 g/mol. The number of nitrogens with zero attached hydrogens (tertiary/aromatic N) is 2. The maximum Gasteiger partial charge on any atom is 0.433 e. The van der Waals surface area contributed by atoms with Crippen LogP contribution >= 0.6 is 0 Å². The van der Waals surface area contributed by atoms with Crippen molar-refractivity contribution in [2.45, 2.75) is 24.7 Å². The van der Waals surface area contributed by atoms with Crippen LogP contribution in [0.4, 0.5) is 32.0 Å². The second-order valence-corrected chi connectivity index (χ2v) is 6.97. The van der Waals surface area contributed by atoms with Crippen LogP contribution in [-0.4, -0.2) is 44.7 Å². The Hall–Kier alpha value is -3.46. The lowest BCUT2D eigenvalue weighted by atomic mass is 10.1. The van der Waals surface area contributed by atoms with Gasteiger partial charge < -0.3 is 19.1 Å². The molecule has 1 aliphatic rings. The Bertz CT molecular complexity index is 1050. The van der Waals surface area contributed by atoms with Gasteiger partial charge in [-0.2, -0.15) is 31.6 Å². The van der Waals surface area contributed by atoms with Crippen molar-refractivity contribution in [3.05, 3.63) is 59.2 Å². The van der Waals surface area contributed by atoms with E-state index in [9.17, 15) is 31.1 Å². The van der Waals surface area contributed by atoms with E-state index in [4.69, 9.17) is 14.7 Å². The monoisotopic (exact) mass is 474 g/mol. The first-order chi connectivity index (χ1) is 15.4. The molecule has 0 radical (unpaired) electrons. The van der Waals surface area contributed by atoms with Crippen molar-refractivity contribution >= 4 is 11.7 Å². The summed E-state index contributed by atoms with van der Waals surface area (Å²) in [5.74, 6) is -0.337. The van der Waals surface area contributed by atoms with E-state index < -0.39 is 54.0 Å². The van der Waals surface area contributed by atoms with E-state index in [2.05, 4.69) is 4.74 Å². The molecule has 12 heteroatoms. The number of methoxy groups -OCH3 is 1. The van der Waals surface area contributed by atoms with Crippen LogP contribution in [0.1, 0.15) is 21.5 Å². The van der Waals surface area contributed by atoms with E-state index in [0.717, 1.165) is 12.1 Å². The highest BCUT2D eigenvalue weighted by Crippen LogP contribution is 2.39. The van der Waals surface area contributed by atoms with Crippen molar-refractivity contribution in [3.8, 4) is 11.8 Å². The standard InChI is InChI=1S/C21H16F6N2O4/c1-31-18(30)12-3-6-15(7-4-12)32-11-16-10-29(19(33-16)21(25,26)27)14-5-2-13(9-28)17(8-14)20(22,23)24/h2-8,16,19H,10-11H2,1H3. The van der Waals surface area contributed by atoms with Gasteiger partial charge >= 0.3 is 18.3 Å². The lowest BCUT2D eigenvalue weighted by Crippen LogP contribution is -2.42. The van der Waals surface area contributed by atoms with Crippen LogP contribution in [0.2, 0.25) is 0 Å². The fourth-order valence-corrected chi connectivity index (χ4v) is 3.24. The molecule has 1 aliphatic heterocycles. The number of hydrogen-bond acceptors (Lipinski definition) is 6. The summed E-state index contributed by atoms with van der Waals surface area (Å²) >= 11 is 0. The van der Waals surface area contributed by atoms with E-state index in [-0.39, 0.29) is 17.9 Å². The zero-order valence-electron chi connectivity index (χ0n) is 16.9. The van der Waals surface area contributed by atoms with Gasteiger partial charge in [0.05, 0.1) is 36.4 Å². The number of alkyl halides is 6. The molecule has 33 heavy (non-hydrogen) atoms. The lowest BCUT2D eigenvalue weighted by molar-refractivity contribution is -0.215. The zero-order valence-corrected chi connectivity index (χ0v) is 16.9. The molecule has 6 nitrogen and oxygen atoms in total. The second kappa shape index (κ2) is 9.19. The average Bonchev–Trinajstić information content (AvgIpc) is 3.21. The normalized spacial score (nSPS) is 18.7. The second-order valence-electron chi connectivity index (χ2n) is 6.97. The third-order valence-corrected chi connectivity index (χ3v) is 4.76. The summed E-state index contributed by atoms with van der Waals surface area (Å²) in [5, 5.41) is 8.89. The number of carbonyl (C=O) groups is 1. The van der Waals surface area contributed by atoms with Gasteiger partial charge in [-0.3, -0.25) is 0 Å². The SMILES string of the molecule is COC(=O)c1ccc(OCC2CN(c3ccc(C#N)c(C(F)(F)F)c3)C(C(F)(F)F)O2)cc1. The molecule has 176 valence electrons. The topological polar surface area (TPSA) is 71.8 Å². The molecule has 2 unspecified atom stereocenters. The number of rotatable bonds is 5. The quantitative estimate of drug-likeness (QED) is 0.468. The van der Waals surface area contributed by atoms with Crippen molar-refractivity contribution in [3.63, 3.8) is 0 Å². The summed E-state index contributed by atoms with van der Waals surface area (Å²) in [5.41, 5.74) is -2.20. The maximum absolute atomic E-state index is 13.5. The number of hydrogen-bond donors (Lipinski definition) is 0. The van der Waals surface area contributed by atoms with Crippen molar-refractivity contribution in [1.82, 2.24) is 0 Å². The molecule has 2 atom stereocenters. The molecule has 0 amide bonds. The summed E-state index contributed by atoms with van der Waals surface area (Å²) in [6.45, 7) is -0.739. The molecule has 0 aromatic heterocycles. The summed E-state index contributed by atoms with van der Waals surface area (Å²) in [7, 11) is 1.21. The molecule has 0 aliphatic carbocycles. The van der Waals surface area contributed by atoms with E-state index in [1.54, 1.807) is 0 Å². The zero-order chi connectivity index (χ0) is 24.4. The van der Waals surface area contributed by atoms with E-state index >= 15 is 0 Å².